The van der Waals surface area contributed by atoms with Gasteiger partial charge in [0.1, 0.15) is 0 Å². The molecule has 0 heterocycles. The van der Waals surface area contributed by atoms with Crippen molar-refractivity contribution < 1.29 is 14.7 Å². The average Bonchev–Trinajstić information content (AvgIpc) is 3.09. The van der Waals surface area contributed by atoms with Gasteiger partial charge in [-0.3, -0.25) is 9.59 Å². The first-order valence-electron chi connectivity index (χ1n) is 6.33. The molecular weight excluding hydrogens is 244 g/mol. The van der Waals surface area contributed by atoms with Crippen LogP contribution in [0.2, 0.25) is 0 Å². The zero-order chi connectivity index (χ0) is 14.0. The van der Waals surface area contributed by atoms with Gasteiger partial charge in [-0.15, -0.1) is 0 Å². The molecule has 19 heavy (non-hydrogen) atoms. The number of nitrogens with one attached hydrogen (secondary N) is 1. The van der Waals surface area contributed by atoms with Crippen molar-refractivity contribution in [2.75, 3.05) is 5.32 Å². The molecule has 0 aromatic heterocycles. The summed E-state index contributed by atoms with van der Waals surface area (Å²) in [6.45, 7) is 1.86. The van der Waals surface area contributed by atoms with Crippen molar-refractivity contribution in [3.8, 4) is 0 Å². The van der Waals surface area contributed by atoms with Crippen LogP contribution in [0.15, 0.2) is 24.3 Å². The van der Waals surface area contributed by atoms with Crippen molar-refractivity contribution in [2.24, 2.45) is 5.73 Å². The van der Waals surface area contributed by atoms with Crippen molar-refractivity contribution in [1.82, 2.24) is 0 Å². The molecular formula is C14H18N2O3. The van der Waals surface area contributed by atoms with E-state index in [0.717, 1.165) is 18.4 Å². The summed E-state index contributed by atoms with van der Waals surface area (Å²) in [5.74, 6) is -1.02. The second-order valence-corrected chi connectivity index (χ2v) is 5.23. The Labute approximate surface area is 111 Å². The smallest absolute Gasteiger partial charge is 0.303 e. The fourth-order valence-electron chi connectivity index (χ4n) is 1.89. The molecule has 0 radical (unpaired) electrons. The van der Waals surface area contributed by atoms with Gasteiger partial charge in [0, 0.05) is 5.69 Å². The van der Waals surface area contributed by atoms with Crippen LogP contribution in [0.5, 0.6) is 0 Å². The summed E-state index contributed by atoms with van der Waals surface area (Å²) < 4.78 is 0. The van der Waals surface area contributed by atoms with E-state index in [1.165, 1.54) is 0 Å². The predicted molar refractivity (Wildman–Crippen MR) is 71.9 cm³/mol. The van der Waals surface area contributed by atoms with Gasteiger partial charge in [0.05, 0.1) is 12.0 Å². The van der Waals surface area contributed by atoms with Crippen LogP contribution in [0.1, 0.15) is 37.7 Å². The number of benzene rings is 1. The molecule has 1 aliphatic rings. The van der Waals surface area contributed by atoms with Crippen LogP contribution in [0.25, 0.3) is 0 Å². The predicted octanol–water partition coefficient (Wildman–Crippen LogP) is 1.69. The summed E-state index contributed by atoms with van der Waals surface area (Å²) in [5.41, 5.74) is 6.74. The lowest BCUT2D eigenvalue weighted by atomic mass is 9.98. The average molecular weight is 262 g/mol. The van der Waals surface area contributed by atoms with Gasteiger partial charge < -0.3 is 16.2 Å². The summed E-state index contributed by atoms with van der Waals surface area (Å²) in [6, 6.07) is 7.22. The Bertz CT molecular complexity index is 492. The normalized spacial score (nSPS) is 17.6. The first-order valence-corrected chi connectivity index (χ1v) is 6.33. The highest BCUT2D eigenvalue weighted by atomic mass is 16.4. The maximum atomic E-state index is 11.7. The van der Waals surface area contributed by atoms with Crippen LogP contribution in [0, 0.1) is 0 Å². The standard InChI is InChI=1S/C14H18N2O3/c1-9(8-12(17)18)10-2-4-11(5-3-10)16-13(19)14(15)6-7-14/h2-5,9H,6-8,15H2,1H3,(H,16,19)(H,17,18). The first kappa shape index (κ1) is 13.5. The Morgan fingerprint density at radius 3 is 2.42 bits per heavy atom. The van der Waals surface area contributed by atoms with Crippen molar-refractivity contribution in [3.63, 3.8) is 0 Å². The molecule has 0 aliphatic heterocycles. The fraction of sp³-hybridized carbons (Fsp3) is 0.429. The molecule has 1 fully saturated rings. The summed E-state index contributed by atoms with van der Waals surface area (Å²) in [6.07, 6.45) is 1.55. The van der Waals surface area contributed by atoms with Crippen molar-refractivity contribution >= 4 is 17.6 Å². The molecule has 1 unspecified atom stereocenters. The maximum Gasteiger partial charge on any atom is 0.303 e. The van der Waals surface area contributed by atoms with Crippen LogP contribution in [0.4, 0.5) is 5.69 Å². The van der Waals surface area contributed by atoms with Crippen LogP contribution in [-0.2, 0) is 9.59 Å². The Morgan fingerprint density at radius 2 is 1.95 bits per heavy atom. The molecule has 0 saturated heterocycles. The van der Waals surface area contributed by atoms with Gasteiger partial charge in [-0.1, -0.05) is 19.1 Å². The van der Waals surface area contributed by atoms with Gasteiger partial charge in [-0.05, 0) is 36.5 Å². The number of hydrogen-bond donors (Lipinski definition) is 3. The third-order valence-corrected chi connectivity index (χ3v) is 3.46. The summed E-state index contributed by atoms with van der Waals surface area (Å²) in [7, 11) is 0. The second-order valence-electron chi connectivity index (χ2n) is 5.23. The van der Waals surface area contributed by atoms with E-state index in [-0.39, 0.29) is 18.2 Å². The lowest BCUT2D eigenvalue weighted by Crippen LogP contribution is -2.37. The van der Waals surface area contributed by atoms with Gasteiger partial charge in [-0.2, -0.15) is 0 Å². The third-order valence-electron chi connectivity index (χ3n) is 3.46. The minimum atomic E-state index is -0.816. The number of carbonyl (C=O) groups is 2. The number of carbonyl (C=O) groups excluding carboxylic acids is 1. The molecule has 1 aliphatic carbocycles. The van der Waals surface area contributed by atoms with Gasteiger partial charge >= 0.3 is 5.97 Å². The number of rotatable bonds is 5. The zero-order valence-electron chi connectivity index (χ0n) is 10.8. The van der Waals surface area contributed by atoms with E-state index in [0.29, 0.717) is 5.69 Å². The van der Waals surface area contributed by atoms with Gasteiger partial charge in [0.2, 0.25) is 5.91 Å². The highest BCUT2D eigenvalue weighted by Crippen LogP contribution is 2.33. The van der Waals surface area contributed by atoms with Crippen LogP contribution >= 0.6 is 0 Å². The molecule has 1 aromatic carbocycles. The monoisotopic (exact) mass is 262 g/mol. The third kappa shape index (κ3) is 3.32. The lowest BCUT2D eigenvalue weighted by molar-refractivity contribution is -0.137. The highest BCUT2D eigenvalue weighted by molar-refractivity contribution is 6.00. The molecule has 0 bridgehead atoms. The molecule has 4 N–H and O–H groups in total. The number of anilines is 1. The SMILES string of the molecule is CC(CC(=O)O)c1ccc(NC(=O)C2(N)CC2)cc1. The van der Waals surface area contributed by atoms with E-state index in [4.69, 9.17) is 10.8 Å². The number of carboxylic acid groups (broad SMARTS) is 1. The number of aliphatic carboxylic acids is 1. The Hall–Kier alpha value is -1.88. The van der Waals surface area contributed by atoms with Gasteiger partial charge in [0.15, 0.2) is 0 Å². The van der Waals surface area contributed by atoms with E-state index in [9.17, 15) is 9.59 Å². The summed E-state index contributed by atoms with van der Waals surface area (Å²) in [4.78, 5) is 22.4. The molecule has 1 aromatic rings. The van der Waals surface area contributed by atoms with Crippen molar-refractivity contribution in [1.29, 1.82) is 0 Å². The van der Waals surface area contributed by atoms with Gasteiger partial charge in [-0.25, -0.2) is 0 Å². The Balaban J connectivity index is 1.98. The topological polar surface area (TPSA) is 92.4 Å². The molecule has 1 amide bonds. The van der Waals surface area contributed by atoms with E-state index >= 15 is 0 Å². The quantitative estimate of drug-likeness (QED) is 0.753. The largest absolute Gasteiger partial charge is 0.481 e. The molecule has 2 rings (SSSR count). The summed E-state index contributed by atoms with van der Waals surface area (Å²) >= 11 is 0. The number of nitrogens with two attached hydrogens (primary N) is 1. The minimum absolute atomic E-state index is 0.0495. The van der Waals surface area contributed by atoms with Crippen LogP contribution < -0.4 is 11.1 Å². The van der Waals surface area contributed by atoms with E-state index in [1.54, 1.807) is 12.1 Å². The maximum absolute atomic E-state index is 11.7. The van der Waals surface area contributed by atoms with Crippen LogP contribution in [0.3, 0.4) is 0 Å². The second kappa shape index (κ2) is 5.01. The molecule has 102 valence electrons. The Kier molecular flexibility index (Phi) is 3.57. The van der Waals surface area contributed by atoms with E-state index < -0.39 is 11.5 Å². The van der Waals surface area contributed by atoms with Crippen molar-refractivity contribution in [3.05, 3.63) is 29.8 Å². The Morgan fingerprint density at radius 1 is 1.37 bits per heavy atom. The lowest BCUT2D eigenvalue weighted by Gasteiger charge is -2.12. The molecule has 1 atom stereocenters. The molecule has 1 saturated carbocycles. The number of amides is 1. The van der Waals surface area contributed by atoms with Gasteiger partial charge in [0.25, 0.3) is 0 Å². The highest BCUT2D eigenvalue weighted by Gasteiger charge is 2.45. The fourth-order valence-corrected chi connectivity index (χ4v) is 1.89. The summed E-state index contributed by atoms with van der Waals surface area (Å²) in [5, 5.41) is 11.5. The van der Waals surface area contributed by atoms with Crippen LogP contribution in [-0.4, -0.2) is 22.5 Å². The molecule has 5 nitrogen and oxygen atoms in total. The van der Waals surface area contributed by atoms with E-state index in [2.05, 4.69) is 5.32 Å². The molecule has 0 spiro atoms. The number of carboxylic acids is 1. The van der Waals surface area contributed by atoms with Crippen molar-refractivity contribution in [2.45, 2.75) is 37.6 Å². The molecule has 5 heteroatoms. The van der Waals surface area contributed by atoms with E-state index in [1.807, 2.05) is 19.1 Å². The number of hydrogen-bond acceptors (Lipinski definition) is 3. The zero-order valence-corrected chi connectivity index (χ0v) is 10.8. The minimum Gasteiger partial charge on any atom is -0.481 e. The first-order chi connectivity index (χ1) is 8.90.